The van der Waals surface area contributed by atoms with Crippen molar-refractivity contribution in [2.45, 2.75) is 82.0 Å². The normalized spacial score (nSPS) is 20.3. The maximum Gasteiger partial charge on any atom is 0.407 e. The van der Waals surface area contributed by atoms with Crippen LogP contribution in [0.15, 0.2) is 47.8 Å². The van der Waals surface area contributed by atoms with Gasteiger partial charge in [0.2, 0.25) is 5.88 Å². The van der Waals surface area contributed by atoms with Gasteiger partial charge in [-0.25, -0.2) is 24.2 Å². The number of hydrogen-bond acceptors (Lipinski definition) is 8. The van der Waals surface area contributed by atoms with Crippen LogP contribution in [-0.4, -0.2) is 75.0 Å². The van der Waals surface area contributed by atoms with Gasteiger partial charge in [0.15, 0.2) is 10.8 Å². The molecule has 2 N–H and O–H groups in total. The van der Waals surface area contributed by atoms with Crippen LogP contribution < -0.4 is 9.46 Å². The number of carbonyl (C=O) groups is 2. The van der Waals surface area contributed by atoms with Crippen molar-refractivity contribution in [3.05, 3.63) is 59.0 Å². The molecule has 12 nitrogen and oxygen atoms in total. The summed E-state index contributed by atoms with van der Waals surface area (Å²) in [6, 6.07) is 7.16. The van der Waals surface area contributed by atoms with Crippen LogP contribution in [0.2, 0.25) is 5.15 Å². The molecule has 2 amide bonds. The van der Waals surface area contributed by atoms with Crippen molar-refractivity contribution in [3.63, 3.8) is 0 Å². The van der Waals surface area contributed by atoms with E-state index in [1.165, 1.54) is 46.2 Å². The maximum atomic E-state index is 12.9. The molecule has 1 aliphatic heterocycles. The Bertz CT molecular complexity index is 1770. The fraction of sp³-hybridized carbons (Fsp3) is 0.531. The number of carboxylic acid groups (broad SMARTS) is 1. The van der Waals surface area contributed by atoms with E-state index in [2.05, 4.69) is 15.1 Å². The summed E-state index contributed by atoms with van der Waals surface area (Å²) in [5.41, 5.74) is 0.295. The monoisotopic (exact) mass is 726 g/mol. The van der Waals surface area contributed by atoms with Gasteiger partial charge in [0, 0.05) is 30.5 Å². The Morgan fingerprint density at radius 1 is 1.12 bits per heavy atom. The first-order valence-electron chi connectivity index (χ1n) is 16.0. The fourth-order valence-corrected chi connectivity index (χ4v) is 7.45. The van der Waals surface area contributed by atoms with E-state index in [0.29, 0.717) is 18.9 Å². The average molecular weight is 727 g/mol. The molecule has 49 heavy (non-hydrogen) atoms. The van der Waals surface area contributed by atoms with Crippen LogP contribution in [0.4, 0.5) is 18.0 Å². The summed E-state index contributed by atoms with van der Waals surface area (Å²) in [4.78, 5) is 34.0. The predicted molar refractivity (Wildman–Crippen MR) is 172 cm³/mol. The number of alkyl halides is 3. The SMILES string of the molecule is CC1(C)CC(CCCCCc2ccc(S(=O)(=O)NC(=O)c3ccc(-n4ccc(OCCC5CC5C(F)(F)F)n4)nc3Cl)nc2)CN1C(=O)O. The van der Waals surface area contributed by atoms with Crippen LogP contribution in [0.25, 0.3) is 5.82 Å². The van der Waals surface area contributed by atoms with Crippen molar-refractivity contribution in [2.75, 3.05) is 13.2 Å². The highest BCUT2D eigenvalue weighted by atomic mass is 35.5. The van der Waals surface area contributed by atoms with E-state index in [0.717, 1.165) is 37.7 Å². The molecular formula is C32H38ClF3N6O6S. The average Bonchev–Trinajstić information content (AvgIpc) is 3.54. The Hall–Kier alpha value is -3.92. The molecule has 0 aromatic carbocycles. The van der Waals surface area contributed by atoms with Crippen LogP contribution in [0.3, 0.4) is 0 Å². The molecule has 3 aromatic rings. The van der Waals surface area contributed by atoms with Gasteiger partial charge in [-0.3, -0.25) is 4.79 Å². The van der Waals surface area contributed by atoms with E-state index in [-0.39, 0.29) is 52.4 Å². The minimum atomic E-state index is -4.32. The minimum absolute atomic E-state index is 0.0741. The van der Waals surface area contributed by atoms with Crippen LogP contribution >= 0.6 is 11.6 Å². The van der Waals surface area contributed by atoms with Gasteiger partial charge in [-0.15, -0.1) is 5.10 Å². The van der Waals surface area contributed by atoms with Crippen LogP contribution in [0, 0.1) is 17.8 Å². The molecule has 1 aliphatic carbocycles. The molecule has 3 unspecified atom stereocenters. The predicted octanol–water partition coefficient (Wildman–Crippen LogP) is 6.28. The second kappa shape index (κ2) is 14.5. The molecule has 0 spiro atoms. The third-order valence-electron chi connectivity index (χ3n) is 9.03. The number of halogens is 4. The van der Waals surface area contributed by atoms with E-state index in [4.69, 9.17) is 16.3 Å². The fourth-order valence-electron chi connectivity index (χ4n) is 6.32. The lowest BCUT2D eigenvalue weighted by Crippen LogP contribution is -2.41. The molecule has 0 bridgehead atoms. The largest absolute Gasteiger partial charge is 0.477 e. The molecule has 2 aliphatic rings. The Kier molecular flexibility index (Phi) is 10.8. The third-order valence-corrected chi connectivity index (χ3v) is 10.6. The number of nitrogens with one attached hydrogen (secondary N) is 1. The number of pyridine rings is 2. The Morgan fingerprint density at radius 2 is 1.90 bits per heavy atom. The molecule has 1 saturated carbocycles. The molecular weight excluding hydrogens is 689 g/mol. The molecule has 17 heteroatoms. The molecule has 2 fully saturated rings. The number of aromatic nitrogens is 4. The number of aryl methyl sites for hydroxylation is 1. The summed E-state index contributed by atoms with van der Waals surface area (Å²) in [7, 11) is -4.32. The molecule has 3 aromatic heterocycles. The van der Waals surface area contributed by atoms with Crippen LogP contribution in [-0.2, 0) is 16.4 Å². The van der Waals surface area contributed by atoms with Gasteiger partial charge >= 0.3 is 12.3 Å². The smallest absolute Gasteiger partial charge is 0.407 e. The van der Waals surface area contributed by atoms with E-state index >= 15 is 0 Å². The van der Waals surface area contributed by atoms with Crippen molar-refractivity contribution in [1.82, 2.24) is 29.4 Å². The highest BCUT2D eigenvalue weighted by molar-refractivity contribution is 7.90. The first-order valence-corrected chi connectivity index (χ1v) is 17.8. The van der Waals surface area contributed by atoms with Gasteiger partial charge in [0.1, 0.15) is 5.15 Å². The summed E-state index contributed by atoms with van der Waals surface area (Å²) in [5, 5.41) is 13.0. The van der Waals surface area contributed by atoms with Crippen molar-refractivity contribution in [1.29, 1.82) is 0 Å². The Morgan fingerprint density at radius 3 is 2.53 bits per heavy atom. The molecule has 1 saturated heterocycles. The second-order valence-electron chi connectivity index (χ2n) is 13.2. The number of rotatable bonds is 14. The van der Waals surface area contributed by atoms with Gasteiger partial charge < -0.3 is 14.7 Å². The topological polar surface area (TPSA) is 157 Å². The number of nitrogens with zero attached hydrogens (tertiary/aromatic N) is 5. The van der Waals surface area contributed by atoms with Gasteiger partial charge in [-0.1, -0.05) is 30.5 Å². The molecule has 4 heterocycles. The van der Waals surface area contributed by atoms with E-state index in [1.54, 1.807) is 6.07 Å². The summed E-state index contributed by atoms with van der Waals surface area (Å²) in [5.74, 6) is -2.01. The number of carbonyl (C=O) groups excluding carboxylic acids is 1. The summed E-state index contributed by atoms with van der Waals surface area (Å²) in [6.45, 7) is 4.53. The Balaban J connectivity index is 1.07. The van der Waals surface area contributed by atoms with E-state index in [9.17, 15) is 36.3 Å². The van der Waals surface area contributed by atoms with Crippen molar-refractivity contribution < 1.29 is 41.0 Å². The number of likely N-dealkylation sites (tertiary alicyclic amines) is 1. The first kappa shape index (κ1) is 36.4. The van der Waals surface area contributed by atoms with E-state index < -0.39 is 40.0 Å². The first-order chi connectivity index (χ1) is 23.0. The standard InChI is InChI=1S/C32H38ClF3N6O6S/c1-31(2)17-21(19-41(31)30(44)45)7-5-3-4-6-20-8-11-27(37-18-20)49(46,47)40-29(43)23-9-10-25(38-28(23)33)42-14-12-26(39-42)48-15-13-22-16-24(22)32(34,35)36/h8-12,14,18,21-22,24H,3-7,13,15-17,19H2,1-2H3,(H,40,43)(H,44,45). The van der Waals surface area contributed by atoms with Crippen LogP contribution in [0.1, 0.15) is 74.7 Å². The highest BCUT2D eigenvalue weighted by Crippen LogP contribution is 2.51. The lowest BCUT2D eigenvalue weighted by molar-refractivity contribution is -0.151. The van der Waals surface area contributed by atoms with Gasteiger partial charge in [-0.05, 0) is 88.0 Å². The zero-order valence-corrected chi connectivity index (χ0v) is 28.6. The second-order valence-corrected chi connectivity index (χ2v) is 15.2. The van der Waals surface area contributed by atoms with Crippen molar-refractivity contribution in [2.24, 2.45) is 17.8 Å². The lowest BCUT2D eigenvalue weighted by atomic mass is 9.92. The Labute approximate surface area is 287 Å². The summed E-state index contributed by atoms with van der Waals surface area (Å²) >= 11 is 6.22. The van der Waals surface area contributed by atoms with Crippen LogP contribution in [0.5, 0.6) is 5.88 Å². The van der Waals surface area contributed by atoms with Crippen molar-refractivity contribution >= 4 is 33.6 Å². The van der Waals surface area contributed by atoms with Gasteiger partial charge in [0.25, 0.3) is 15.9 Å². The number of sulfonamides is 1. The molecule has 0 radical (unpaired) electrons. The van der Waals surface area contributed by atoms with E-state index in [1.807, 2.05) is 18.6 Å². The zero-order chi connectivity index (χ0) is 35.6. The maximum absolute atomic E-state index is 12.9. The quantitative estimate of drug-likeness (QED) is 0.144. The lowest BCUT2D eigenvalue weighted by Gasteiger charge is -2.28. The minimum Gasteiger partial charge on any atom is -0.477 e. The highest BCUT2D eigenvalue weighted by Gasteiger charge is 2.55. The molecule has 3 atom stereocenters. The number of unbranched alkanes of at least 4 members (excludes halogenated alkanes) is 2. The van der Waals surface area contributed by atoms with Gasteiger partial charge in [0.05, 0.1) is 18.1 Å². The molecule has 5 rings (SSSR count). The molecule has 266 valence electrons. The van der Waals surface area contributed by atoms with Crippen molar-refractivity contribution in [3.8, 4) is 11.7 Å². The zero-order valence-electron chi connectivity index (χ0n) is 27.0. The summed E-state index contributed by atoms with van der Waals surface area (Å²) < 4.78 is 72.6. The summed E-state index contributed by atoms with van der Waals surface area (Å²) in [6.07, 6.45) is 3.51. The number of hydrogen-bond donors (Lipinski definition) is 2. The number of amides is 2. The van der Waals surface area contributed by atoms with Gasteiger partial charge in [-0.2, -0.15) is 21.6 Å². The third kappa shape index (κ3) is 9.21. The number of ether oxygens (including phenoxy) is 1.